The monoisotopic (exact) mass is 217 g/mol. The Hall–Kier alpha value is -1.64. The van der Waals surface area contributed by atoms with Crippen molar-refractivity contribution in [1.29, 1.82) is 0 Å². The average molecular weight is 217 g/mol. The van der Waals surface area contributed by atoms with Gasteiger partial charge in [-0.3, -0.25) is 4.68 Å². The van der Waals surface area contributed by atoms with E-state index in [1.54, 1.807) is 0 Å². The second kappa shape index (κ2) is 4.47. The van der Waals surface area contributed by atoms with E-state index in [-0.39, 0.29) is 0 Å². The van der Waals surface area contributed by atoms with E-state index in [9.17, 15) is 0 Å². The fourth-order valence-electron chi connectivity index (χ4n) is 2.00. The zero-order valence-electron chi connectivity index (χ0n) is 10.2. The second-order valence-corrected chi connectivity index (χ2v) is 4.07. The Morgan fingerprint density at radius 1 is 1.12 bits per heavy atom. The first-order valence-electron chi connectivity index (χ1n) is 5.75. The summed E-state index contributed by atoms with van der Waals surface area (Å²) in [7, 11) is 0. The lowest BCUT2D eigenvalue weighted by molar-refractivity contribution is 0.693. The van der Waals surface area contributed by atoms with Gasteiger partial charge in [0.1, 0.15) is 0 Å². The zero-order valence-corrected chi connectivity index (χ0v) is 10.2. The molecule has 0 fully saturated rings. The Bertz CT molecular complexity index is 446. The molecule has 0 spiro atoms. The molecule has 0 bridgehead atoms. The van der Waals surface area contributed by atoms with E-state index in [0.29, 0.717) is 0 Å². The van der Waals surface area contributed by atoms with Crippen LogP contribution in [0.4, 0.5) is 0 Å². The molecule has 0 atom stereocenters. The summed E-state index contributed by atoms with van der Waals surface area (Å²) in [5, 5.41) is 0. The smallest absolute Gasteiger partial charge is 0.0716 e. The number of hydrogen-bond donors (Lipinski definition) is 1. The number of hydrogen-bond acceptors (Lipinski definition) is 1. The van der Waals surface area contributed by atoms with Crippen LogP contribution in [0.2, 0.25) is 0 Å². The van der Waals surface area contributed by atoms with E-state index >= 15 is 0 Å². The molecule has 0 saturated carbocycles. The first-order valence-corrected chi connectivity index (χ1v) is 5.75. The van der Waals surface area contributed by atoms with Crippen molar-refractivity contribution in [2.24, 2.45) is 0 Å². The van der Waals surface area contributed by atoms with Crippen LogP contribution < -0.4 is 5.43 Å². The van der Waals surface area contributed by atoms with Gasteiger partial charge in [-0.25, -0.2) is 0 Å². The van der Waals surface area contributed by atoms with Crippen LogP contribution in [-0.4, -0.2) is 9.24 Å². The van der Waals surface area contributed by atoms with Gasteiger partial charge in [0, 0.05) is 29.8 Å². The topological polar surface area (TPSA) is 21.9 Å². The highest BCUT2D eigenvalue weighted by Crippen LogP contribution is 2.07. The molecule has 0 aliphatic heterocycles. The van der Waals surface area contributed by atoms with Gasteiger partial charge < -0.3 is 9.99 Å². The van der Waals surface area contributed by atoms with Gasteiger partial charge in [-0.1, -0.05) is 0 Å². The summed E-state index contributed by atoms with van der Waals surface area (Å²) in [5.74, 6) is 0. The molecule has 16 heavy (non-hydrogen) atoms. The molecule has 2 aromatic heterocycles. The predicted octanol–water partition coefficient (Wildman–Crippen LogP) is 2.67. The molecule has 0 radical (unpaired) electrons. The molecule has 86 valence electrons. The van der Waals surface area contributed by atoms with Crippen molar-refractivity contribution >= 4 is 0 Å². The second-order valence-electron chi connectivity index (χ2n) is 4.07. The van der Waals surface area contributed by atoms with Gasteiger partial charge in [0.15, 0.2) is 0 Å². The lowest BCUT2D eigenvalue weighted by Gasteiger charge is -2.13. The molecule has 0 aliphatic rings. The van der Waals surface area contributed by atoms with Gasteiger partial charge in [0.2, 0.25) is 0 Å². The van der Waals surface area contributed by atoms with Crippen LogP contribution in [0.5, 0.6) is 0 Å². The van der Waals surface area contributed by atoms with Crippen LogP contribution in [0.1, 0.15) is 24.0 Å². The first kappa shape index (κ1) is 10.9. The lowest BCUT2D eigenvalue weighted by Crippen LogP contribution is -2.18. The molecular weight excluding hydrogens is 198 g/mol. The van der Waals surface area contributed by atoms with Gasteiger partial charge in [0.25, 0.3) is 0 Å². The van der Waals surface area contributed by atoms with E-state index in [2.05, 4.69) is 65.9 Å². The standard InChI is InChI=1S/C13H19N3/c1-4-15-9-5-6-13(15)10-14-16-11(2)7-8-12(16)3/h5-9,14H,4,10H2,1-3H3. The van der Waals surface area contributed by atoms with Crippen LogP contribution in [0, 0.1) is 13.8 Å². The summed E-state index contributed by atoms with van der Waals surface area (Å²) in [4.78, 5) is 0. The Labute approximate surface area is 96.7 Å². The third-order valence-corrected chi connectivity index (χ3v) is 2.95. The molecule has 3 nitrogen and oxygen atoms in total. The molecule has 1 N–H and O–H groups in total. The van der Waals surface area contributed by atoms with E-state index < -0.39 is 0 Å². The minimum Gasteiger partial charge on any atom is -0.350 e. The zero-order chi connectivity index (χ0) is 11.5. The third-order valence-electron chi connectivity index (χ3n) is 2.95. The number of aryl methyl sites for hydroxylation is 3. The summed E-state index contributed by atoms with van der Waals surface area (Å²) in [6, 6.07) is 8.50. The predicted molar refractivity (Wildman–Crippen MR) is 67.1 cm³/mol. The van der Waals surface area contributed by atoms with Crippen molar-refractivity contribution in [3.63, 3.8) is 0 Å². The lowest BCUT2D eigenvalue weighted by atomic mass is 10.4. The van der Waals surface area contributed by atoms with Crippen molar-refractivity contribution < 1.29 is 0 Å². The number of nitrogens with zero attached hydrogens (tertiary/aromatic N) is 2. The van der Waals surface area contributed by atoms with Gasteiger partial charge in [-0.15, -0.1) is 0 Å². The van der Waals surface area contributed by atoms with Crippen molar-refractivity contribution in [2.75, 3.05) is 5.43 Å². The Kier molecular flexibility index (Phi) is 3.04. The highest BCUT2D eigenvalue weighted by Gasteiger charge is 2.02. The maximum absolute atomic E-state index is 3.43. The number of aromatic nitrogens is 2. The van der Waals surface area contributed by atoms with E-state index in [0.717, 1.165) is 13.1 Å². The Morgan fingerprint density at radius 3 is 2.44 bits per heavy atom. The molecule has 2 aromatic rings. The summed E-state index contributed by atoms with van der Waals surface area (Å²) in [5.41, 5.74) is 7.23. The largest absolute Gasteiger partial charge is 0.350 e. The molecule has 3 heteroatoms. The summed E-state index contributed by atoms with van der Waals surface area (Å²) >= 11 is 0. The molecule has 0 amide bonds. The first-order chi connectivity index (χ1) is 7.72. The van der Waals surface area contributed by atoms with Crippen LogP contribution in [0.25, 0.3) is 0 Å². The summed E-state index contributed by atoms with van der Waals surface area (Å²) in [6.45, 7) is 8.26. The van der Waals surface area contributed by atoms with E-state index in [4.69, 9.17) is 0 Å². The van der Waals surface area contributed by atoms with Crippen LogP contribution in [0.15, 0.2) is 30.5 Å². The maximum atomic E-state index is 3.43. The minimum atomic E-state index is 0.858. The van der Waals surface area contributed by atoms with Crippen molar-refractivity contribution in [1.82, 2.24) is 9.24 Å². The fraction of sp³-hybridized carbons (Fsp3) is 0.385. The van der Waals surface area contributed by atoms with Crippen molar-refractivity contribution in [2.45, 2.75) is 33.9 Å². The summed E-state index contributed by atoms with van der Waals surface area (Å²) < 4.78 is 4.38. The van der Waals surface area contributed by atoms with Gasteiger partial charge in [0.05, 0.1) is 6.54 Å². The highest BCUT2D eigenvalue weighted by molar-refractivity contribution is 5.16. The van der Waals surface area contributed by atoms with Crippen LogP contribution in [-0.2, 0) is 13.1 Å². The SMILES string of the molecule is CCn1cccc1CNn1c(C)ccc1C. The van der Waals surface area contributed by atoms with Gasteiger partial charge in [-0.2, -0.15) is 0 Å². The summed E-state index contributed by atoms with van der Waals surface area (Å²) in [6.07, 6.45) is 2.12. The van der Waals surface area contributed by atoms with Crippen molar-refractivity contribution in [3.8, 4) is 0 Å². The van der Waals surface area contributed by atoms with Crippen molar-refractivity contribution in [3.05, 3.63) is 47.5 Å². The molecular formula is C13H19N3. The van der Waals surface area contributed by atoms with Gasteiger partial charge >= 0.3 is 0 Å². The highest BCUT2D eigenvalue weighted by atomic mass is 15.4. The molecule has 2 rings (SSSR count). The number of rotatable bonds is 4. The minimum absolute atomic E-state index is 0.858. The third kappa shape index (κ3) is 1.98. The average Bonchev–Trinajstić information content (AvgIpc) is 2.84. The quantitative estimate of drug-likeness (QED) is 0.835. The normalized spacial score (nSPS) is 10.7. The van der Waals surface area contributed by atoms with Crippen LogP contribution >= 0.6 is 0 Å². The fourth-order valence-corrected chi connectivity index (χ4v) is 2.00. The molecule has 0 saturated heterocycles. The molecule has 0 aromatic carbocycles. The Morgan fingerprint density at radius 2 is 1.81 bits per heavy atom. The van der Waals surface area contributed by atoms with Gasteiger partial charge in [-0.05, 0) is 45.0 Å². The number of nitrogens with one attached hydrogen (secondary N) is 1. The maximum Gasteiger partial charge on any atom is 0.0716 e. The van der Waals surface area contributed by atoms with E-state index in [1.807, 2.05) is 0 Å². The molecule has 0 aliphatic carbocycles. The van der Waals surface area contributed by atoms with E-state index in [1.165, 1.54) is 17.1 Å². The van der Waals surface area contributed by atoms with Crippen LogP contribution in [0.3, 0.4) is 0 Å². The molecule has 0 unspecified atom stereocenters. The molecule has 2 heterocycles. The Balaban J connectivity index is 2.08.